The second-order valence-corrected chi connectivity index (χ2v) is 7.78. The molecule has 0 atom stereocenters. The number of rotatable bonds is 5. The molecule has 0 heterocycles. The average molecular weight is 397 g/mol. The lowest BCUT2D eigenvalue weighted by molar-refractivity contribution is -0.116. The number of nitrogens with one attached hydrogen (secondary N) is 2. The smallest absolute Gasteiger partial charge is 0.412 e. The van der Waals surface area contributed by atoms with Crippen molar-refractivity contribution in [1.29, 1.82) is 0 Å². The van der Waals surface area contributed by atoms with Crippen LogP contribution in [0.1, 0.15) is 36.7 Å². The Hall–Kier alpha value is -3.35. The van der Waals surface area contributed by atoms with Gasteiger partial charge in [-0.1, -0.05) is 23.8 Å². The SMILES string of the molecule is Cc1ccc(NC(=O)CN(C)C(=O)c2cccc(NC(=O)OC(C)(C)C)c2)cc1. The summed E-state index contributed by atoms with van der Waals surface area (Å²) in [6, 6.07) is 13.9. The summed E-state index contributed by atoms with van der Waals surface area (Å²) in [7, 11) is 1.55. The van der Waals surface area contributed by atoms with Crippen molar-refractivity contribution >= 4 is 29.3 Å². The second kappa shape index (κ2) is 9.23. The quantitative estimate of drug-likeness (QED) is 0.797. The monoisotopic (exact) mass is 397 g/mol. The van der Waals surface area contributed by atoms with E-state index in [0.29, 0.717) is 16.9 Å². The Morgan fingerprint density at radius 2 is 1.62 bits per heavy atom. The first-order chi connectivity index (χ1) is 13.5. The van der Waals surface area contributed by atoms with Gasteiger partial charge >= 0.3 is 6.09 Å². The minimum absolute atomic E-state index is 0.101. The van der Waals surface area contributed by atoms with Crippen molar-refractivity contribution in [3.63, 3.8) is 0 Å². The van der Waals surface area contributed by atoms with Gasteiger partial charge in [-0.15, -0.1) is 0 Å². The van der Waals surface area contributed by atoms with Crippen LogP contribution < -0.4 is 10.6 Å². The van der Waals surface area contributed by atoms with E-state index in [1.54, 1.807) is 64.2 Å². The Balaban J connectivity index is 1.97. The van der Waals surface area contributed by atoms with E-state index in [2.05, 4.69) is 10.6 Å². The molecule has 0 unspecified atom stereocenters. The Labute approximate surface area is 171 Å². The Morgan fingerprint density at radius 1 is 0.966 bits per heavy atom. The summed E-state index contributed by atoms with van der Waals surface area (Å²) in [6.07, 6.45) is -0.604. The summed E-state index contributed by atoms with van der Waals surface area (Å²) in [5, 5.41) is 5.36. The molecule has 0 aliphatic carbocycles. The fourth-order valence-electron chi connectivity index (χ4n) is 2.50. The van der Waals surface area contributed by atoms with Crippen LogP contribution in [0, 0.1) is 6.92 Å². The minimum atomic E-state index is -0.622. The third-order valence-electron chi connectivity index (χ3n) is 3.82. The van der Waals surface area contributed by atoms with Crippen LogP contribution in [0.5, 0.6) is 0 Å². The van der Waals surface area contributed by atoms with Crippen molar-refractivity contribution in [2.45, 2.75) is 33.3 Å². The zero-order valence-corrected chi connectivity index (χ0v) is 17.4. The van der Waals surface area contributed by atoms with Crippen molar-refractivity contribution in [3.05, 3.63) is 59.7 Å². The fraction of sp³-hybridized carbons (Fsp3) is 0.318. The van der Waals surface area contributed by atoms with Gasteiger partial charge < -0.3 is 15.0 Å². The number of ether oxygens (including phenoxy) is 1. The van der Waals surface area contributed by atoms with Gasteiger partial charge in [0.15, 0.2) is 0 Å². The van der Waals surface area contributed by atoms with Gasteiger partial charge in [0.2, 0.25) is 5.91 Å². The van der Waals surface area contributed by atoms with Gasteiger partial charge in [-0.3, -0.25) is 14.9 Å². The number of hydrogen-bond acceptors (Lipinski definition) is 4. The molecule has 2 aromatic rings. The third-order valence-corrected chi connectivity index (χ3v) is 3.82. The van der Waals surface area contributed by atoms with Crippen LogP contribution in [-0.4, -0.2) is 42.0 Å². The number of amides is 3. The molecule has 2 N–H and O–H groups in total. The molecule has 0 radical (unpaired) electrons. The lowest BCUT2D eigenvalue weighted by atomic mass is 10.1. The number of anilines is 2. The highest BCUT2D eigenvalue weighted by Crippen LogP contribution is 2.15. The summed E-state index contributed by atoms with van der Waals surface area (Å²) in [5.41, 5.74) is 1.93. The highest BCUT2D eigenvalue weighted by atomic mass is 16.6. The van der Waals surface area contributed by atoms with Gasteiger partial charge in [-0.25, -0.2) is 4.79 Å². The molecule has 7 nitrogen and oxygen atoms in total. The topological polar surface area (TPSA) is 87.7 Å². The van der Waals surface area contributed by atoms with Crippen LogP contribution >= 0.6 is 0 Å². The maximum atomic E-state index is 12.6. The molecule has 0 spiro atoms. The van der Waals surface area contributed by atoms with Crippen molar-refractivity contribution in [2.24, 2.45) is 0 Å². The largest absolute Gasteiger partial charge is 0.444 e. The van der Waals surface area contributed by atoms with Gasteiger partial charge in [0.1, 0.15) is 5.60 Å². The van der Waals surface area contributed by atoms with E-state index in [-0.39, 0.29) is 18.4 Å². The van der Waals surface area contributed by atoms with E-state index in [0.717, 1.165) is 5.56 Å². The summed E-state index contributed by atoms with van der Waals surface area (Å²) >= 11 is 0. The lowest BCUT2D eigenvalue weighted by Crippen LogP contribution is -2.35. The zero-order chi connectivity index (χ0) is 21.6. The van der Waals surface area contributed by atoms with Crippen molar-refractivity contribution in [2.75, 3.05) is 24.2 Å². The molecule has 3 amide bonds. The number of carbonyl (C=O) groups excluding carboxylic acids is 3. The molecule has 29 heavy (non-hydrogen) atoms. The van der Waals surface area contributed by atoms with Gasteiger partial charge in [0.05, 0.1) is 6.54 Å². The van der Waals surface area contributed by atoms with Crippen molar-refractivity contribution < 1.29 is 19.1 Å². The number of hydrogen-bond donors (Lipinski definition) is 2. The molecule has 0 saturated carbocycles. The molecular formula is C22H27N3O4. The highest BCUT2D eigenvalue weighted by Gasteiger charge is 2.18. The molecule has 2 rings (SSSR count). The maximum absolute atomic E-state index is 12.6. The number of benzene rings is 2. The first-order valence-electron chi connectivity index (χ1n) is 9.25. The molecule has 0 aliphatic heterocycles. The summed E-state index contributed by atoms with van der Waals surface area (Å²) in [6.45, 7) is 7.16. The molecule has 0 bridgehead atoms. The molecular weight excluding hydrogens is 370 g/mol. The maximum Gasteiger partial charge on any atom is 0.412 e. The third kappa shape index (κ3) is 7.29. The van der Waals surface area contributed by atoms with Gasteiger partial charge in [0.25, 0.3) is 5.91 Å². The number of nitrogens with zero attached hydrogens (tertiary/aromatic N) is 1. The lowest BCUT2D eigenvalue weighted by Gasteiger charge is -2.20. The standard InChI is InChI=1S/C22H27N3O4/c1-15-9-11-17(12-10-15)23-19(26)14-25(5)20(27)16-7-6-8-18(13-16)24-21(28)29-22(2,3)4/h6-13H,14H2,1-5H3,(H,23,26)(H,24,28). The van der Waals surface area contributed by atoms with Crippen LogP contribution in [-0.2, 0) is 9.53 Å². The molecule has 7 heteroatoms. The van der Waals surface area contributed by atoms with Crippen molar-refractivity contribution in [1.82, 2.24) is 4.90 Å². The number of carbonyl (C=O) groups is 3. The van der Waals surface area contributed by atoms with E-state index >= 15 is 0 Å². The zero-order valence-electron chi connectivity index (χ0n) is 17.4. The minimum Gasteiger partial charge on any atom is -0.444 e. The predicted octanol–water partition coefficient (Wildman–Crippen LogP) is 4.05. The summed E-state index contributed by atoms with van der Waals surface area (Å²) < 4.78 is 5.21. The molecule has 154 valence electrons. The van der Waals surface area contributed by atoms with E-state index in [1.807, 2.05) is 19.1 Å². The van der Waals surface area contributed by atoms with Crippen molar-refractivity contribution in [3.8, 4) is 0 Å². The van der Waals surface area contributed by atoms with Crippen LogP contribution in [0.25, 0.3) is 0 Å². The molecule has 0 aliphatic rings. The van der Waals surface area contributed by atoms with Gasteiger partial charge in [-0.05, 0) is 58.0 Å². The first kappa shape index (κ1) is 21.9. The van der Waals surface area contributed by atoms with Crippen LogP contribution in [0.3, 0.4) is 0 Å². The number of likely N-dealkylation sites (N-methyl/N-ethyl adjacent to an activating group) is 1. The second-order valence-electron chi connectivity index (χ2n) is 7.78. The highest BCUT2D eigenvalue weighted by molar-refractivity contribution is 6.00. The average Bonchev–Trinajstić information content (AvgIpc) is 2.61. The van der Waals surface area contributed by atoms with E-state index < -0.39 is 11.7 Å². The van der Waals surface area contributed by atoms with E-state index in [9.17, 15) is 14.4 Å². The normalized spacial score (nSPS) is 10.8. The Morgan fingerprint density at radius 3 is 2.24 bits per heavy atom. The molecule has 2 aromatic carbocycles. The van der Waals surface area contributed by atoms with Crippen LogP contribution in [0.4, 0.5) is 16.2 Å². The predicted molar refractivity (Wildman–Crippen MR) is 113 cm³/mol. The van der Waals surface area contributed by atoms with Crippen LogP contribution in [0.15, 0.2) is 48.5 Å². The summed E-state index contributed by atoms with van der Waals surface area (Å²) in [4.78, 5) is 38.1. The Bertz CT molecular complexity index is 886. The molecule has 0 fully saturated rings. The first-order valence-corrected chi connectivity index (χ1v) is 9.25. The van der Waals surface area contributed by atoms with Gasteiger partial charge in [-0.2, -0.15) is 0 Å². The molecule has 0 saturated heterocycles. The Kier molecular flexibility index (Phi) is 6.98. The number of aryl methyl sites for hydroxylation is 1. The van der Waals surface area contributed by atoms with E-state index in [1.165, 1.54) is 4.90 Å². The van der Waals surface area contributed by atoms with Gasteiger partial charge in [0, 0.05) is 24.0 Å². The fourth-order valence-corrected chi connectivity index (χ4v) is 2.50. The van der Waals surface area contributed by atoms with E-state index in [4.69, 9.17) is 4.74 Å². The molecule has 0 aromatic heterocycles. The summed E-state index contributed by atoms with van der Waals surface area (Å²) in [5.74, 6) is -0.635. The van der Waals surface area contributed by atoms with Crippen LogP contribution in [0.2, 0.25) is 0 Å².